The average molecular weight is 307 g/mol. The molecule has 6 nitrogen and oxygen atoms in total. The Hall–Kier alpha value is -0.830. The molecule has 1 aliphatic rings. The van der Waals surface area contributed by atoms with E-state index in [0.29, 0.717) is 13.2 Å². The monoisotopic (exact) mass is 307 g/mol. The molecule has 2 rings (SSSR count). The van der Waals surface area contributed by atoms with Crippen molar-refractivity contribution in [2.75, 3.05) is 25.4 Å². The second kappa shape index (κ2) is 5.66. The predicted octanol–water partition coefficient (Wildman–Crippen LogP) is 0.982. The standard InChI is InChI=1S/C11H17NO5S2/c1-7-10-11(8(2)18-7)17-9(6-16-10)5-12-3-4-19(13,14)15/h9,12H,3-6H2,1-2H3,(H,13,14,15). The van der Waals surface area contributed by atoms with Gasteiger partial charge in [0.15, 0.2) is 11.5 Å². The number of rotatable bonds is 5. The lowest BCUT2D eigenvalue weighted by Gasteiger charge is -2.25. The first kappa shape index (κ1) is 14.6. The minimum Gasteiger partial charge on any atom is -0.485 e. The lowest BCUT2D eigenvalue weighted by Crippen LogP contribution is -2.39. The van der Waals surface area contributed by atoms with Gasteiger partial charge in [0.1, 0.15) is 12.7 Å². The number of hydrogen-bond donors (Lipinski definition) is 2. The Morgan fingerprint density at radius 2 is 2.05 bits per heavy atom. The van der Waals surface area contributed by atoms with E-state index in [-0.39, 0.29) is 18.4 Å². The van der Waals surface area contributed by atoms with E-state index in [1.54, 1.807) is 11.3 Å². The van der Waals surface area contributed by atoms with Crippen molar-refractivity contribution in [3.8, 4) is 11.5 Å². The first-order valence-electron chi connectivity index (χ1n) is 5.92. The number of aryl methyl sites for hydroxylation is 2. The molecule has 0 saturated heterocycles. The van der Waals surface area contributed by atoms with E-state index in [4.69, 9.17) is 14.0 Å². The Labute approximate surface area is 116 Å². The molecule has 1 aromatic rings. The Bertz CT molecular complexity index is 552. The van der Waals surface area contributed by atoms with Gasteiger partial charge in [-0.15, -0.1) is 11.3 Å². The molecule has 1 atom stereocenters. The third-order valence-corrected chi connectivity index (χ3v) is 4.46. The highest BCUT2D eigenvalue weighted by Crippen LogP contribution is 2.43. The molecule has 1 unspecified atom stereocenters. The number of ether oxygens (including phenoxy) is 2. The van der Waals surface area contributed by atoms with Gasteiger partial charge in [-0.2, -0.15) is 8.42 Å². The summed E-state index contributed by atoms with van der Waals surface area (Å²) in [5.74, 6) is 1.30. The quantitative estimate of drug-likeness (QED) is 0.623. The molecule has 108 valence electrons. The first-order chi connectivity index (χ1) is 8.87. The van der Waals surface area contributed by atoms with Crippen molar-refractivity contribution in [2.45, 2.75) is 20.0 Å². The lowest BCUT2D eigenvalue weighted by atomic mass is 10.3. The van der Waals surface area contributed by atoms with Crippen LogP contribution in [0.1, 0.15) is 9.75 Å². The zero-order valence-electron chi connectivity index (χ0n) is 10.8. The van der Waals surface area contributed by atoms with Gasteiger partial charge in [-0.05, 0) is 13.8 Å². The van der Waals surface area contributed by atoms with Crippen LogP contribution in [0.25, 0.3) is 0 Å². The number of nitrogens with one attached hydrogen (secondary N) is 1. The van der Waals surface area contributed by atoms with Gasteiger partial charge in [0, 0.05) is 22.8 Å². The van der Waals surface area contributed by atoms with Crippen LogP contribution in [0.5, 0.6) is 11.5 Å². The lowest BCUT2D eigenvalue weighted by molar-refractivity contribution is 0.0909. The van der Waals surface area contributed by atoms with Crippen molar-refractivity contribution in [3.05, 3.63) is 9.75 Å². The van der Waals surface area contributed by atoms with Crippen LogP contribution in [-0.2, 0) is 10.1 Å². The van der Waals surface area contributed by atoms with E-state index in [1.165, 1.54) is 0 Å². The zero-order chi connectivity index (χ0) is 14.0. The van der Waals surface area contributed by atoms with Crippen LogP contribution in [0.3, 0.4) is 0 Å². The highest BCUT2D eigenvalue weighted by atomic mass is 32.2. The molecule has 0 fully saturated rings. The summed E-state index contributed by atoms with van der Waals surface area (Å²) in [6.45, 7) is 5.07. The summed E-state index contributed by atoms with van der Waals surface area (Å²) in [6, 6.07) is 0. The van der Waals surface area contributed by atoms with Crippen LogP contribution in [0, 0.1) is 13.8 Å². The molecule has 2 heterocycles. The Balaban J connectivity index is 1.84. The smallest absolute Gasteiger partial charge is 0.266 e. The average Bonchev–Trinajstić information content (AvgIpc) is 2.59. The molecule has 0 saturated carbocycles. The maximum absolute atomic E-state index is 10.6. The zero-order valence-corrected chi connectivity index (χ0v) is 12.4. The molecule has 0 bridgehead atoms. The number of thiophene rings is 1. The minimum atomic E-state index is -3.91. The molecule has 0 aromatic carbocycles. The fourth-order valence-corrected chi connectivity index (χ4v) is 3.23. The van der Waals surface area contributed by atoms with Gasteiger partial charge in [-0.3, -0.25) is 4.55 Å². The largest absolute Gasteiger partial charge is 0.485 e. The van der Waals surface area contributed by atoms with Crippen LogP contribution >= 0.6 is 11.3 Å². The summed E-state index contributed by atoms with van der Waals surface area (Å²) >= 11 is 1.64. The van der Waals surface area contributed by atoms with E-state index >= 15 is 0 Å². The van der Waals surface area contributed by atoms with Gasteiger partial charge in [-0.25, -0.2) is 0 Å². The molecule has 2 N–H and O–H groups in total. The van der Waals surface area contributed by atoms with Gasteiger partial charge in [-0.1, -0.05) is 0 Å². The van der Waals surface area contributed by atoms with E-state index in [2.05, 4.69) is 5.32 Å². The first-order valence-corrected chi connectivity index (χ1v) is 8.34. The molecular formula is C11H17NO5S2. The fraction of sp³-hybridized carbons (Fsp3) is 0.636. The second-order valence-electron chi connectivity index (χ2n) is 4.41. The van der Waals surface area contributed by atoms with E-state index in [0.717, 1.165) is 21.3 Å². The fourth-order valence-electron chi connectivity index (χ4n) is 1.89. The van der Waals surface area contributed by atoms with Gasteiger partial charge in [0.2, 0.25) is 0 Å². The summed E-state index contributed by atoms with van der Waals surface area (Å²) in [7, 11) is -3.91. The van der Waals surface area contributed by atoms with Gasteiger partial charge in [0.25, 0.3) is 10.1 Å². The maximum atomic E-state index is 10.6. The highest BCUT2D eigenvalue weighted by molar-refractivity contribution is 7.85. The van der Waals surface area contributed by atoms with Crippen molar-refractivity contribution < 1.29 is 22.4 Å². The Kier molecular flexibility index (Phi) is 4.34. The highest BCUT2D eigenvalue weighted by Gasteiger charge is 2.26. The van der Waals surface area contributed by atoms with Gasteiger partial charge >= 0.3 is 0 Å². The van der Waals surface area contributed by atoms with Crippen LogP contribution < -0.4 is 14.8 Å². The molecule has 0 spiro atoms. The second-order valence-corrected chi connectivity index (χ2v) is 7.41. The molecule has 1 aliphatic heterocycles. The van der Waals surface area contributed by atoms with Gasteiger partial charge in [0.05, 0.1) is 5.75 Å². The number of fused-ring (bicyclic) bond motifs is 1. The molecule has 1 aromatic heterocycles. The van der Waals surface area contributed by atoms with E-state index in [9.17, 15) is 8.42 Å². The van der Waals surface area contributed by atoms with Crippen LogP contribution in [0.15, 0.2) is 0 Å². The van der Waals surface area contributed by atoms with Crippen LogP contribution in [0.4, 0.5) is 0 Å². The van der Waals surface area contributed by atoms with Crippen LogP contribution in [-0.4, -0.2) is 44.5 Å². The summed E-state index contributed by atoms with van der Waals surface area (Å²) in [4.78, 5) is 2.18. The maximum Gasteiger partial charge on any atom is 0.266 e. The summed E-state index contributed by atoms with van der Waals surface area (Å²) in [6.07, 6.45) is -0.151. The summed E-state index contributed by atoms with van der Waals surface area (Å²) in [5, 5.41) is 2.93. The molecule has 0 aliphatic carbocycles. The molecule has 0 amide bonds. The van der Waals surface area contributed by atoms with Crippen molar-refractivity contribution in [2.24, 2.45) is 0 Å². The summed E-state index contributed by atoms with van der Waals surface area (Å²) in [5.41, 5.74) is 0. The SMILES string of the molecule is Cc1sc(C)c2c1OCC(CNCCS(=O)(=O)O)O2. The van der Waals surface area contributed by atoms with Gasteiger partial charge < -0.3 is 14.8 Å². The van der Waals surface area contributed by atoms with Crippen molar-refractivity contribution in [1.82, 2.24) is 5.32 Å². The normalized spacial score (nSPS) is 18.6. The van der Waals surface area contributed by atoms with Crippen molar-refractivity contribution in [1.29, 1.82) is 0 Å². The van der Waals surface area contributed by atoms with E-state index in [1.807, 2.05) is 13.8 Å². The van der Waals surface area contributed by atoms with E-state index < -0.39 is 10.1 Å². The van der Waals surface area contributed by atoms with Crippen molar-refractivity contribution >= 4 is 21.5 Å². The molecule has 8 heteroatoms. The van der Waals surface area contributed by atoms with Crippen LogP contribution in [0.2, 0.25) is 0 Å². The third kappa shape index (κ3) is 3.82. The Morgan fingerprint density at radius 3 is 2.74 bits per heavy atom. The minimum absolute atomic E-state index is 0.151. The molecule has 19 heavy (non-hydrogen) atoms. The topological polar surface area (TPSA) is 84.9 Å². The summed E-state index contributed by atoms with van der Waals surface area (Å²) < 4.78 is 41.2. The van der Waals surface area contributed by atoms with Crippen molar-refractivity contribution in [3.63, 3.8) is 0 Å². The molecule has 0 radical (unpaired) electrons. The predicted molar refractivity (Wildman–Crippen MR) is 73.0 cm³/mol. The number of hydrogen-bond acceptors (Lipinski definition) is 6. The third-order valence-electron chi connectivity index (χ3n) is 2.76. The Morgan fingerprint density at radius 1 is 1.37 bits per heavy atom. The molecular weight excluding hydrogens is 290 g/mol.